The van der Waals surface area contributed by atoms with Crippen molar-refractivity contribution >= 4 is 17.5 Å². The predicted octanol–water partition coefficient (Wildman–Crippen LogP) is 4.71. The van der Waals surface area contributed by atoms with Gasteiger partial charge in [-0.15, -0.1) is 6.42 Å². The molecule has 30 heavy (non-hydrogen) atoms. The fourth-order valence-corrected chi connectivity index (χ4v) is 3.17. The van der Waals surface area contributed by atoms with Crippen molar-refractivity contribution in [3.63, 3.8) is 0 Å². The maximum atomic E-state index is 5.71. The van der Waals surface area contributed by atoms with E-state index < -0.39 is 0 Å². The minimum atomic E-state index is 0.569. The average molecular weight is 401 g/mol. The van der Waals surface area contributed by atoms with Crippen LogP contribution >= 0.6 is 0 Å². The molecule has 1 aliphatic heterocycles. The molecule has 0 aliphatic carbocycles. The molecule has 4 nitrogen and oxygen atoms in total. The number of rotatable bonds is 9. The van der Waals surface area contributed by atoms with Crippen molar-refractivity contribution < 1.29 is 0 Å². The smallest absolute Gasteiger partial charge is 0.118 e. The van der Waals surface area contributed by atoms with Crippen LogP contribution in [0.15, 0.2) is 78.2 Å². The Morgan fingerprint density at radius 3 is 2.50 bits per heavy atom. The number of nitrogens with zero attached hydrogens (tertiary/aromatic N) is 2. The van der Waals surface area contributed by atoms with E-state index in [-0.39, 0.29) is 0 Å². The number of terminal acetylenes is 1. The van der Waals surface area contributed by atoms with Gasteiger partial charge in [0.15, 0.2) is 0 Å². The second kappa shape index (κ2) is 12.2. The highest BCUT2D eigenvalue weighted by Gasteiger charge is 2.10. The summed E-state index contributed by atoms with van der Waals surface area (Å²) in [6.07, 6.45) is 18.9. The van der Waals surface area contributed by atoms with Crippen LogP contribution in [0.25, 0.3) is 11.3 Å². The molecule has 0 saturated carbocycles. The maximum Gasteiger partial charge on any atom is 0.118 e. The summed E-state index contributed by atoms with van der Waals surface area (Å²) in [7, 11) is 0. The molecule has 2 rings (SSSR count). The van der Waals surface area contributed by atoms with Gasteiger partial charge in [0.25, 0.3) is 0 Å². The van der Waals surface area contributed by atoms with Crippen molar-refractivity contribution in [3.05, 3.63) is 84.4 Å². The first-order valence-corrected chi connectivity index (χ1v) is 10.3. The number of likely N-dealkylation sites (tertiary alicyclic amines) is 1. The molecule has 0 radical (unpaired) electrons. The Labute approximate surface area is 181 Å². The van der Waals surface area contributed by atoms with E-state index in [1.165, 1.54) is 19.3 Å². The van der Waals surface area contributed by atoms with Crippen molar-refractivity contribution in [2.45, 2.75) is 26.2 Å². The number of allylic oxidation sites excluding steroid dienone is 4. The maximum absolute atomic E-state index is 5.71. The van der Waals surface area contributed by atoms with Gasteiger partial charge >= 0.3 is 0 Å². The lowest BCUT2D eigenvalue weighted by molar-refractivity contribution is 0.293. The second-order valence-electron chi connectivity index (χ2n) is 7.24. The number of benzene rings is 1. The first kappa shape index (κ1) is 22.8. The number of aliphatic imine (C=N–C) groups is 1. The quantitative estimate of drug-likeness (QED) is 0.359. The highest BCUT2D eigenvalue weighted by Crippen LogP contribution is 2.16. The van der Waals surface area contributed by atoms with Gasteiger partial charge in [0.05, 0.1) is 0 Å². The SMILES string of the molecule is C#C/C=C(\C=C/CNC(=C)/N=C\C=C(/C)c1ccc(C(=C)N)cc1)N1CCCCC1. The van der Waals surface area contributed by atoms with E-state index >= 15 is 0 Å². The highest BCUT2D eigenvalue weighted by atomic mass is 15.1. The molecule has 1 aromatic rings. The van der Waals surface area contributed by atoms with Crippen molar-refractivity contribution in [1.29, 1.82) is 0 Å². The normalized spacial score (nSPS) is 15.4. The van der Waals surface area contributed by atoms with Crippen LogP contribution in [0.4, 0.5) is 0 Å². The molecule has 0 aromatic heterocycles. The lowest BCUT2D eigenvalue weighted by atomic mass is 10.0. The van der Waals surface area contributed by atoms with Gasteiger partial charge in [-0.1, -0.05) is 49.4 Å². The van der Waals surface area contributed by atoms with Crippen molar-refractivity contribution in [3.8, 4) is 12.3 Å². The lowest BCUT2D eigenvalue weighted by Crippen LogP contribution is -2.28. The Kier molecular flexibility index (Phi) is 9.27. The number of nitrogens with one attached hydrogen (secondary N) is 1. The molecule has 156 valence electrons. The molecular weight excluding hydrogens is 368 g/mol. The largest absolute Gasteiger partial charge is 0.399 e. The second-order valence-corrected chi connectivity index (χ2v) is 7.24. The Balaban J connectivity index is 1.83. The molecule has 0 bridgehead atoms. The first-order valence-electron chi connectivity index (χ1n) is 10.3. The van der Waals surface area contributed by atoms with Crippen LogP contribution in [0.2, 0.25) is 0 Å². The highest BCUT2D eigenvalue weighted by molar-refractivity contribution is 5.84. The summed E-state index contributed by atoms with van der Waals surface area (Å²) < 4.78 is 0. The average Bonchev–Trinajstić information content (AvgIpc) is 2.76. The van der Waals surface area contributed by atoms with E-state index in [0.29, 0.717) is 18.1 Å². The number of nitrogens with two attached hydrogens (primary N) is 1. The van der Waals surface area contributed by atoms with E-state index in [1.807, 2.05) is 49.4 Å². The summed E-state index contributed by atoms with van der Waals surface area (Å²) in [5.74, 6) is 3.25. The molecular formula is C26H32N4. The first-order chi connectivity index (χ1) is 14.5. The molecule has 1 fully saturated rings. The molecule has 1 aliphatic rings. The summed E-state index contributed by atoms with van der Waals surface area (Å²) in [4.78, 5) is 6.69. The topological polar surface area (TPSA) is 53.6 Å². The Morgan fingerprint density at radius 1 is 1.20 bits per heavy atom. The predicted molar refractivity (Wildman–Crippen MR) is 130 cm³/mol. The van der Waals surface area contributed by atoms with Gasteiger partial charge in [-0.3, -0.25) is 0 Å². The van der Waals surface area contributed by atoms with Gasteiger partial charge in [0, 0.05) is 43.3 Å². The van der Waals surface area contributed by atoms with Crippen LogP contribution in [0.5, 0.6) is 0 Å². The van der Waals surface area contributed by atoms with Gasteiger partial charge in [-0.25, -0.2) is 4.99 Å². The number of piperidine rings is 1. The summed E-state index contributed by atoms with van der Waals surface area (Å²) in [5, 5.41) is 3.19. The summed E-state index contributed by atoms with van der Waals surface area (Å²) in [6, 6.07) is 7.97. The van der Waals surface area contributed by atoms with Crippen molar-refractivity contribution in [2.24, 2.45) is 10.7 Å². The molecule has 4 heteroatoms. The Morgan fingerprint density at radius 2 is 1.87 bits per heavy atom. The zero-order valence-corrected chi connectivity index (χ0v) is 17.9. The van der Waals surface area contributed by atoms with E-state index in [1.54, 1.807) is 6.21 Å². The summed E-state index contributed by atoms with van der Waals surface area (Å²) in [5.41, 5.74) is 10.5. The van der Waals surface area contributed by atoms with Crippen LogP contribution in [0, 0.1) is 12.3 Å². The number of hydrogen-bond donors (Lipinski definition) is 2. The van der Waals surface area contributed by atoms with Gasteiger partial charge in [0.2, 0.25) is 0 Å². The van der Waals surface area contributed by atoms with Crippen LogP contribution in [0.3, 0.4) is 0 Å². The lowest BCUT2D eigenvalue weighted by Gasteiger charge is -2.29. The minimum absolute atomic E-state index is 0.569. The van der Waals surface area contributed by atoms with Crippen molar-refractivity contribution in [1.82, 2.24) is 10.2 Å². The van der Waals surface area contributed by atoms with E-state index in [9.17, 15) is 0 Å². The van der Waals surface area contributed by atoms with Crippen LogP contribution < -0.4 is 11.1 Å². The van der Waals surface area contributed by atoms with Crippen molar-refractivity contribution in [2.75, 3.05) is 19.6 Å². The molecule has 3 N–H and O–H groups in total. The fourth-order valence-electron chi connectivity index (χ4n) is 3.17. The monoisotopic (exact) mass is 400 g/mol. The van der Waals surface area contributed by atoms with Gasteiger partial charge in [0.1, 0.15) is 5.82 Å². The third kappa shape index (κ3) is 7.52. The zero-order valence-electron chi connectivity index (χ0n) is 17.9. The minimum Gasteiger partial charge on any atom is -0.399 e. The Hall–Kier alpha value is -3.45. The van der Waals surface area contributed by atoms with Gasteiger partial charge in [-0.05, 0) is 55.0 Å². The van der Waals surface area contributed by atoms with Crippen LogP contribution in [0.1, 0.15) is 37.3 Å². The Bertz CT molecular complexity index is 886. The van der Waals surface area contributed by atoms with Gasteiger partial charge < -0.3 is 16.0 Å². The molecule has 1 heterocycles. The molecule has 1 saturated heterocycles. The molecule has 0 spiro atoms. The summed E-state index contributed by atoms with van der Waals surface area (Å²) >= 11 is 0. The third-order valence-electron chi connectivity index (χ3n) is 4.93. The standard InChI is InChI=1S/C26H32N4/c1-5-10-26(30-19-7-6-8-20-30)11-9-17-28-23(4)29-18-16-21(2)24-12-14-25(15-13-24)22(3)27/h1,9-16,18,28H,3-4,6-8,17,19-20,27H2,2H3/b11-9-,21-16+,26-10+,29-18-. The molecule has 0 amide bonds. The molecule has 1 aromatic carbocycles. The van der Waals surface area contributed by atoms with E-state index in [4.69, 9.17) is 12.2 Å². The molecule has 0 atom stereocenters. The number of hydrogen-bond acceptors (Lipinski definition) is 4. The third-order valence-corrected chi connectivity index (χ3v) is 4.93. The summed E-state index contributed by atoms with van der Waals surface area (Å²) in [6.45, 7) is 12.5. The molecule has 0 unspecified atom stereocenters. The zero-order chi connectivity index (χ0) is 21.8. The van der Waals surface area contributed by atoms with Crippen LogP contribution in [-0.2, 0) is 0 Å². The van der Waals surface area contributed by atoms with Gasteiger partial charge in [-0.2, -0.15) is 0 Å². The van der Waals surface area contributed by atoms with Crippen LogP contribution in [-0.4, -0.2) is 30.7 Å². The van der Waals surface area contributed by atoms with E-state index in [2.05, 4.69) is 40.4 Å². The fraction of sp³-hybridized carbons (Fsp3) is 0.269. The van der Waals surface area contributed by atoms with E-state index in [0.717, 1.165) is 35.5 Å².